The topological polar surface area (TPSA) is 72.5 Å². The Morgan fingerprint density at radius 2 is 1.81 bits per heavy atom. The number of carbonyl (C=O) groups is 3. The van der Waals surface area contributed by atoms with E-state index in [2.05, 4.69) is 5.32 Å². The number of nitrogens with one attached hydrogen (secondary N) is 1. The molecule has 0 saturated heterocycles. The van der Waals surface area contributed by atoms with E-state index in [9.17, 15) is 14.4 Å². The maximum Gasteiger partial charge on any atom is 0.306 e. The molecule has 0 bridgehead atoms. The SMILES string of the molecule is Cc1cc(C(=O)CCC(=O)OCC(=O)Nc2ccccc2C(C)C)c(C)s1. The molecule has 2 rings (SSSR count). The molecular formula is C21H25NO4S. The van der Waals surface area contributed by atoms with E-state index in [1.165, 1.54) is 0 Å². The van der Waals surface area contributed by atoms with E-state index >= 15 is 0 Å². The van der Waals surface area contributed by atoms with Crippen molar-refractivity contribution in [3.05, 3.63) is 51.2 Å². The molecule has 1 aromatic carbocycles. The first-order chi connectivity index (χ1) is 12.8. The van der Waals surface area contributed by atoms with Gasteiger partial charge in [-0.05, 0) is 37.5 Å². The lowest BCUT2D eigenvalue weighted by atomic mass is 10.0. The predicted octanol–water partition coefficient (Wildman–Crippen LogP) is 4.63. The number of para-hydroxylation sites is 1. The molecule has 27 heavy (non-hydrogen) atoms. The van der Waals surface area contributed by atoms with Crippen molar-refractivity contribution < 1.29 is 19.1 Å². The van der Waals surface area contributed by atoms with E-state index in [0.29, 0.717) is 11.3 Å². The van der Waals surface area contributed by atoms with Crippen molar-refractivity contribution in [2.24, 2.45) is 0 Å². The molecule has 0 unspecified atom stereocenters. The van der Waals surface area contributed by atoms with Gasteiger partial charge in [0.15, 0.2) is 12.4 Å². The zero-order valence-corrected chi connectivity index (χ0v) is 16.9. The van der Waals surface area contributed by atoms with Gasteiger partial charge in [-0.2, -0.15) is 0 Å². The summed E-state index contributed by atoms with van der Waals surface area (Å²) in [5, 5.41) is 2.77. The molecule has 0 saturated carbocycles. The smallest absolute Gasteiger partial charge is 0.306 e. The molecule has 0 atom stereocenters. The molecule has 1 amide bonds. The number of thiophene rings is 1. The van der Waals surface area contributed by atoms with Crippen LogP contribution in [0.5, 0.6) is 0 Å². The molecule has 0 fully saturated rings. The summed E-state index contributed by atoms with van der Waals surface area (Å²) in [5.74, 6) is -0.768. The van der Waals surface area contributed by atoms with Crippen LogP contribution in [-0.2, 0) is 14.3 Å². The fraction of sp³-hybridized carbons (Fsp3) is 0.381. The molecule has 0 spiro atoms. The molecule has 5 nitrogen and oxygen atoms in total. The van der Waals surface area contributed by atoms with Crippen LogP contribution in [-0.4, -0.2) is 24.3 Å². The molecule has 144 valence electrons. The highest BCUT2D eigenvalue weighted by Gasteiger charge is 2.16. The van der Waals surface area contributed by atoms with Crippen LogP contribution >= 0.6 is 11.3 Å². The Bertz CT molecular complexity index is 838. The minimum absolute atomic E-state index is 0.0387. The molecule has 2 aromatic rings. The fourth-order valence-electron chi connectivity index (χ4n) is 2.78. The Hall–Kier alpha value is -2.47. The largest absolute Gasteiger partial charge is 0.456 e. The maximum atomic E-state index is 12.2. The van der Waals surface area contributed by atoms with Crippen LogP contribution in [0.15, 0.2) is 30.3 Å². The fourth-order valence-corrected chi connectivity index (χ4v) is 3.72. The number of benzene rings is 1. The number of rotatable bonds is 8. The van der Waals surface area contributed by atoms with Crippen molar-refractivity contribution in [1.29, 1.82) is 0 Å². The monoisotopic (exact) mass is 387 g/mol. The van der Waals surface area contributed by atoms with Crippen molar-refractivity contribution >= 4 is 34.7 Å². The maximum absolute atomic E-state index is 12.2. The number of ether oxygens (including phenoxy) is 1. The summed E-state index contributed by atoms with van der Waals surface area (Å²) in [6, 6.07) is 9.37. The van der Waals surface area contributed by atoms with Crippen molar-refractivity contribution in [2.45, 2.75) is 46.5 Å². The highest BCUT2D eigenvalue weighted by atomic mass is 32.1. The standard InChI is InChI=1S/C21H25NO4S/c1-13(2)16-7-5-6-8-18(16)22-20(24)12-26-21(25)10-9-19(23)17-11-14(3)27-15(17)4/h5-8,11,13H,9-10,12H2,1-4H3,(H,22,24). The quantitative estimate of drug-likeness (QED) is 0.529. The molecule has 1 N–H and O–H groups in total. The van der Waals surface area contributed by atoms with Crippen LogP contribution in [0.1, 0.15) is 58.3 Å². The third kappa shape index (κ3) is 6.03. The third-order valence-electron chi connectivity index (χ3n) is 4.12. The third-order valence-corrected chi connectivity index (χ3v) is 5.08. The van der Waals surface area contributed by atoms with Gasteiger partial charge >= 0.3 is 5.97 Å². The second-order valence-electron chi connectivity index (χ2n) is 6.70. The first-order valence-electron chi connectivity index (χ1n) is 8.92. The summed E-state index contributed by atoms with van der Waals surface area (Å²) >= 11 is 1.56. The first-order valence-corrected chi connectivity index (χ1v) is 9.74. The van der Waals surface area contributed by atoms with E-state index in [1.54, 1.807) is 11.3 Å². The number of aryl methyl sites for hydroxylation is 2. The van der Waals surface area contributed by atoms with Gasteiger partial charge in [-0.3, -0.25) is 14.4 Å². The molecule has 0 aliphatic carbocycles. The van der Waals surface area contributed by atoms with Crippen LogP contribution < -0.4 is 5.32 Å². The molecule has 1 heterocycles. The summed E-state index contributed by atoms with van der Waals surface area (Å²) in [4.78, 5) is 38.1. The average Bonchev–Trinajstić information content (AvgIpc) is 2.96. The van der Waals surface area contributed by atoms with Crippen molar-refractivity contribution in [3.8, 4) is 0 Å². The van der Waals surface area contributed by atoms with Gasteiger partial charge in [-0.1, -0.05) is 32.0 Å². The van der Waals surface area contributed by atoms with Gasteiger partial charge in [-0.25, -0.2) is 0 Å². The lowest BCUT2D eigenvalue weighted by molar-refractivity contribution is -0.147. The van der Waals surface area contributed by atoms with Gasteiger partial charge in [0.1, 0.15) is 0 Å². The van der Waals surface area contributed by atoms with Gasteiger partial charge in [0.2, 0.25) is 0 Å². The number of Topliss-reactive ketones (excluding diaryl/α,β-unsaturated/α-hetero) is 1. The Morgan fingerprint density at radius 1 is 1.11 bits per heavy atom. The minimum atomic E-state index is -0.555. The van der Waals surface area contributed by atoms with Gasteiger partial charge < -0.3 is 10.1 Å². The number of ketones is 1. The molecule has 6 heteroatoms. The molecule has 0 aliphatic heterocycles. The molecule has 0 aliphatic rings. The predicted molar refractivity (Wildman–Crippen MR) is 107 cm³/mol. The van der Waals surface area contributed by atoms with Crippen molar-refractivity contribution in [2.75, 3.05) is 11.9 Å². The number of anilines is 1. The van der Waals surface area contributed by atoms with Crippen LogP contribution in [0.3, 0.4) is 0 Å². The van der Waals surface area contributed by atoms with Gasteiger partial charge in [0, 0.05) is 27.4 Å². The highest BCUT2D eigenvalue weighted by Crippen LogP contribution is 2.24. The van der Waals surface area contributed by atoms with Crippen LogP contribution in [0.2, 0.25) is 0 Å². The van der Waals surface area contributed by atoms with Crippen LogP contribution in [0.4, 0.5) is 5.69 Å². The number of hydrogen-bond acceptors (Lipinski definition) is 5. The Morgan fingerprint density at radius 3 is 2.44 bits per heavy atom. The summed E-state index contributed by atoms with van der Waals surface area (Å²) < 4.78 is 5.00. The first kappa shape index (κ1) is 20.8. The molecular weight excluding hydrogens is 362 g/mol. The van der Waals surface area contributed by atoms with Crippen molar-refractivity contribution in [1.82, 2.24) is 0 Å². The van der Waals surface area contributed by atoms with Crippen LogP contribution in [0, 0.1) is 13.8 Å². The van der Waals surface area contributed by atoms with E-state index in [0.717, 1.165) is 15.3 Å². The normalized spacial score (nSPS) is 10.7. The number of carbonyl (C=O) groups excluding carboxylic acids is 3. The Balaban J connectivity index is 1.79. The van der Waals surface area contributed by atoms with Gasteiger partial charge in [-0.15, -0.1) is 11.3 Å². The second kappa shape index (κ2) is 9.46. The van der Waals surface area contributed by atoms with Gasteiger partial charge in [0.05, 0.1) is 6.42 Å². The van der Waals surface area contributed by atoms with Gasteiger partial charge in [0.25, 0.3) is 5.91 Å². The summed E-state index contributed by atoms with van der Waals surface area (Å²) in [6.45, 7) is 7.55. The number of amides is 1. The van der Waals surface area contributed by atoms with E-state index in [1.807, 2.05) is 58.0 Å². The Labute approximate surface area is 163 Å². The van der Waals surface area contributed by atoms with Crippen LogP contribution in [0.25, 0.3) is 0 Å². The average molecular weight is 388 g/mol. The summed E-state index contributed by atoms with van der Waals surface area (Å²) in [6.07, 6.45) is 0.0384. The minimum Gasteiger partial charge on any atom is -0.456 e. The highest BCUT2D eigenvalue weighted by molar-refractivity contribution is 7.12. The zero-order chi connectivity index (χ0) is 20.0. The second-order valence-corrected chi connectivity index (χ2v) is 8.16. The zero-order valence-electron chi connectivity index (χ0n) is 16.1. The van der Waals surface area contributed by atoms with E-state index in [-0.39, 0.29) is 31.1 Å². The van der Waals surface area contributed by atoms with E-state index in [4.69, 9.17) is 4.74 Å². The van der Waals surface area contributed by atoms with Crippen molar-refractivity contribution in [3.63, 3.8) is 0 Å². The molecule has 0 radical (unpaired) electrons. The number of esters is 1. The summed E-state index contributed by atoms with van der Waals surface area (Å²) in [5.41, 5.74) is 2.39. The lowest BCUT2D eigenvalue weighted by Gasteiger charge is -2.13. The summed E-state index contributed by atoms with van der Waals surface area (Å²) in [7, 11) is 0. The number of hydrogen-bond donors (Lipinski definition) is 1. The molecule has 1 aromatic heterocycles. The van der Waals surface area contributed by atoms with E-state index < -0.39 is 11.9 Å². The Kier molecular flexibility index (Phi) is 7.30. The lowest BCUT2D eigenvalue weighted by Crippen LogP contribution is -2.22.